The first-order valence-electron chi connectivity index (χ1n) is 7.74. The predicted molar refractivity (Wildman–Crippen MR) is 94.8 cm³/mol. The highest BCUT2D eigenvalue weighted by Gasteiger charge is 2.23. The van der Waals surface area contributed by atoms with Crippen LogP contribution in [0.5, 0.6) is 5.88 Å². The first-order valence-corrected chi connectivity index (χ1v) is 8.56. The van der Waals surface area contributed by atoms with E-state index in [0.717, 1.165) is 32.5 Å². The summed E-state index contributed by atoms with van der Waals surface area (Å²) in [6.07, 6.45) is 5.90. The molecule has 0 saturated carbocycles. The second kappa shape index (κ2) is 6.56. The summed E-state index contributed by atoms with van der Waals surface area (Å²) in [5, 5.41) is 4.95. The third-order valence-corrected chi connectivity index (χ3v) is 4.96. The van der Waals surface area contributed by atoms with Crippen LogP contribution < -0.4 is 4.74 Å². The molecule has 8 heteroatoms. The molecule has 1 aliphatic heterocycles. The van der Waals surface area contributed by atoms with E-state index in [-0.39, 0.29) is 0 Å². The molecule has 0 unspecified atom stereocenters. The lowest BCUT2D eigenvalue weighted by molar-refractivity contribution is 0.209. The van der Waals surface area contributed by atoms with Gasteiger partial charge in [0.05, 0.1) is 23.4 Å². The topological polar surface area (TPSA) is 82.4 Å². The molecule has 4 rings (SSSR count). The number of aromatic nitrogens is 4. The summed E-state index contributed by atoms with van der Waals surface area (Å²) in [6.45, 7) is 2.49. The summed E-state index contributed by atoms with van der Waals surface area (Å²) in [6, 6.07) is 3.89. The van der Waals surface area contributed by atoms with Crippen molar-refractivity contribution in [1.82, 2.24) is 19.9 Å². The molecule has 0 saturated heterocycles. The molecule has 3 aromatic heterocycles. The maximum Gasteiger partial charge on any atom is 0.242 e. The molecule has 25 heavy (non-hydrogen) atoms. The van der Waals surface area contributed by atoms with Crippen LogP contribution in [0.4, 0.5) is 0 Å². The van der Waals surface area contributed by atoms with Gasteiger partial charge in [-0.25, -0.2) is 15.0 Å². The van der Waals surface area contributed by atoms with Crippen molar-refractivity contribution >= 4 is 17.0 Å². The van der Waals surface area contributed by atoms with Crippen molar-refractivity contribution in [2.45, 2.75) is 13.3 Å². The number of oxime groups is 1. The molecule has 0 bridgehead atoms. The Morgan fingerprint density at radius 1 is 1.28 bits per heavy atom. The first kappa shape index (κ1) is 15.6. The summed E-state index contributed by atoms with van der Waals surface area (Å²) < 4.78 is 5.57. The van der Waals surface area contributed by atoms with Gasteiger partial charge in [0.25, 0.3) is 0 Å². The van der Waals surface area contributed by atoms with Crippen molar-refractivity contribution in [3.05, 3.63) is 42.1 Å². The largest absolute Gasteiger partial charge is 0.476 e. The monoisotopic (exact) mass is 353 g/mol. The van der Waals surface area contributed by atoms with Crippen molar-refractivity contribution in [3.63, 3.8) is 0 Å². The molecule has 4 heterocycles. The molecule has 7 nitrogen and oxygen atoms in total. The van der Waals surface area contributed by atoms with Gasteiger partial charge in [-0.3, -0.25) is 4.98 Å². The van der Waals surface area contributed by atoms with Gasteiger partial charge in [-0.15, -0.1) is 11.3 Å². The third-order valence-electron chi connectivity index (χ3n) is 3.73. The highest BCUT2D eigenvalue weighted by molar-refractivity contribution is 7.18. The fourth-order valence-corrected chi connectivity index (χ4v) is 3.60. The number of hydrogen-bond donors (Lipinski definition) is 0. The average Bonchev–Trinajstić information content (AvgIpc) is 3.04. The second-order valence-electron chi connectivity index (χ2n) is 5.40. The van der Waals surface area contributed by atoms with E-state index in [2.05, 4.69) is 20.1 Å². The molecule has 0 N–H and O–H groups in total. The average molecular weight is 353 g/mol. The maximum absolute atomic E-state index is 5.57. The molecule has 0 atom stereocenters. The van der Waals surface area contributed by atoms with Crippen LogP contribution in [-0.2, 0) is 4.84 Å². The summed E-state index contributed by atoms with van der Waals surface area (Å²) in [5.41, 5.74) is 4.00. The number of thiazole rings is 1. The van der Waals surface area contributed by atoms with E-state index < -0.39 is 0 Å². The van der Waals surface area contributed by atoms with Crippen molar-refractivity contribution < 1.29 is 9.57 Å². The number of pyridine rings is 1. The lowest BCUT2D eigenvalue weighted by Crippen LogP contribution is -2.19. The summed E-state index contributed by atoms with van der Waals surface area (Å²) in [7, 11) is 1.52. The van der Waals surface area contributed by atoms with E-state index in [0.29, 0.717) is 24.6 Å². The Bertz CT molecular complexity index is 939. The van der Waals surface area contributed by atoms with E-state index in [4.69, 9.17) is 14.6 Å². The van der Waals surface area contributed by atoms with Crippen LogP contribution in [-0.4, -0.2) is 39.4 Å². The molecule has 0 amide bonds. The molecule has 0 aromatic carbocycles. The molecular formula is C17H15N5O2S. The van der Waals surface area contributed by atoms with Gasteiger partial charge in [0.2, 0.25) is 5.88 Å². The highest BCUT2D eigenvalue weighted by atomic mass is 32.1. The minimum Gasteiger partial charge on any atom is -0.476 e. The Morgan fingerprint density at radius 2 is 2.20 bits per heavy atom. The molecule has 0 radical (unpaired) electrons. The smallest absolute Gasteiger partial charge is 0.242 e. The van der Waals surface area contributed by atoms with E-state index in [9.17, 15) is 0 Å². The van der Waals surface area contributed by atoms with E-state index in [1.165, 1.54) is 7.11 Å². The van der Waals surface area contributed by atoms with Gasteiger partial charge in [0.15, 0.2) is 5.69 Å². The van der Waals surface area contributed by atoms with Crippen molar-refractivity contribution in [3.8, 4) is 27.0 Å². The Balaban J connectivity index is 1.77. The molecule has 126 valence electrons. The van der Waals surface area contributed by atoms with Gasteiger partial charge in [-0.05, 0) is 19.1 Å². The van der Waals surface area contributed by atoms with Crippen LogP contribution in [0, 0.1) is 6.92 Å². The minimum absolute atomic E-state index is 0.487. The van der Waals surface area contributed by atoms with E-state index >= 15 is 0 Å². The van der Waals surface area contributed by atoms with Gasteiger partial charge in [0, 0.05) is 24.4 Å². The number of nitrogens with zero attached hydrogens (tertiary/aromatic N) is 5. The minimum atomic E-state index is 0.487. The number of hydrogen-bond acceptors (Lipinski definition) is 8. The Morgan fingerprint density at radius 3 is 3.00 bits per heavy atom. The van der Waals surface area contributed by atoms with Crippen LogP contribution in [0.1, 0.15) is 17.8 Å². The predicted octanol–water partition coefficient (Wildman–Crippen LogP) is 3.10. The first-order chi connectivity index (χ1) is 12.3. The fraction of sp³-hybridized carbons (Fsp3) is 0.235. The van der Waals surface area contributed by atoms with Gasteiger partial charge < -0.3 is 9.57 Å². The van der Waals surface area contributed by atoms with Crippen LogP contribution in [0.2, 0.25) is 0 Å². The van der Waals surface area contributed by atoms with Crippen LogP contribution in [0.15, 0.2) is 35.9 Å². The number of rotatable bonds is 3. The molecule has 0 spiro atoms. The lowest BCUT2D eigenvalue weighted by atomic mass is 10.1. The standard InChI is InChI=1S/C17H15N5O2S/c1-10-15(25-17(20-10)11-4-3-6-18-8-11)13-9-19-16-14(21-13)12(22-23-2)5-7-24-16/h3-4,6,8-9H,5,7H2,1-2H3/b22-12+. The quantitative estimate of drug-likeness (QED) is 0.673. The lowest BCUT2D eigenvalue weighted by Gasteiger charge is -2.16. The van der Waals surface area contributed by atoms with E-state index in [1.807, 2.05) is 19.1 Å². The van der Waals surface area contributed by atoms with Crippen molar-refractivity contribution in [2.75, 3.05) is 13.7 Å². The molecule has 0 aliphatic carbocycles. The molecule has 1 aliphatic rings. The SMILES string of the molecule is CO/N=C1\CCOc2ncc(-c3sc(-c4cccnc4)nc3C)nc21. The van der Waals surface area contributed by atoms with Crippen molar-refractivity contribution in [1.29, 1.82) is 0 Å². The Kier molecular flexibility index (Phi) is 4.10. The number of fused-ring (bicyclic) bond motifs is 1. The molecular weight excluding hydrogens is 338 g/mol. The summed E-state index contributed by atoms with van der Waals surface area (Å²) >= 11 is 1.57. The van der Waals surface area contributed by atoms with Gasteiger partial charge >= 0.3 is 0 Å². The fourth-order valence-electron chi connectivity index (χ4n) is 2.59. The van der Waals surface area contributed by atoms with Crippen LogP contribution in [0.25, 0.3) is 21.1 Å². The highest BCUT2D eigenvalue weighted by Crippen LogP contribution is 2.35. The normalized spacial score (nSPS) is 14.9. The number of ether oxygens (including phenoxy) is 1. The maximum atomic E-state index is 5.57. The van der Waals surface area contributed by atoms with Crippen LogP contribution >= 0.6 is 11.3 Å². The van der Waals surface area contributed by atoms with Gasteiger partial charge in [-0.2, -0.15) is 0 Å². The zero-order chi connectivity index (χ0) is 17.2. The number of aryl methyl sites for hydroxylation is 1. The van der Waals surface area contributed by atoms with Crippen LogP contribution in [0.3, 0.4) is 0 Å². The second-order valence-corrected chi connectivity index (χ2v) is 6.40. The Labute approximate surface area is 148 Å². The zero-order valence-electron chi connectivity index (χ0n) is 13.8. The van der Waals surface area contributed by atoms with E-state index in [1.54, 1.807) is 29.9 Å². The Hall–Kier alpha value is -2.87. The van der Waals surface area contributed by atoms with Crippen molar-refractivity contribution in [2.24, 2.45) is 5.16 Å². The third kappa shape index (κ3) is 2.96. The molecule has 0 fully saturated rings. The molecule has 3 aromatic rings. The summed E-state index contributed by atoms with van der Waals surface area (Å²) in [5.74, 6) is 0.487. The summed E-state index contributed by atoms with van der Waals surface area (Å²) in [4.78, 5) is 23.8. The van der Waals surface area contributed by atoms with Gasteiger partial charge in [-0.1, -0.05) is 5.16 Å². The van der Waals surface area contributed by atoms with Gasteiger partial charge in [0.1, 0.15) is 23.5 Å². The zero-order valence-corrected chi connectivity index (χ0v) is 14.6.